The van der Waals surface area contributed by atoms with Gasteiger partial charge < -0.3 is 14.4 Å². The largest absolute Gasteiger partial charge is 0.497 e. The molecule has 0 atom stereocenters. The van der Waals surface area contributed by atoms with Gasteiger partial charge in [0.2, 0.25) is 0 Å². The number of imidazole rings is 1. The van der Waals surface area contributed by atoms with Gasteiger partial charge in [0.25, 0.3) is 0 Å². The summed E-state index contributed by atoms with van der Waals surface area (Å²) >= 11 is 0. The Kier molecular flexibility index (Phi) is 6.90. The van der Waals surface area contributed by atoms with Crippen molar-refractivity contribution < 1.29 is 17.9 Å². The average Bonchev–Trinajstić information content (AvgIpc) is 3.45. The Hall–Kier alpha value is -4.55. The van der Waals surface area contributed by atoms with Gasteiger partial charge in [-0.25, -0.2) is 18.7 Å². The number of hydrogen-bond donors (Lipinski definition) is 1. The van der Waals surface area contributed by atoms with Crippen molar-refractivity contribution in [2.75, 3.05) is 26.2 Å². The van der Waals surface area contributed by atoms with Crippen molar-refractivity contribution >= 4 is 32.7 Å². The van der Waals surface area contributed by atoms with E-state index in [1.165, 1.54) is 19.4 Å². The fourth-order valence-electron chi connectivity index (χ4n) is 3.98. The van der Waals surface area contributed by atoms with Gasteiger partial charge in [-0.2, -0.15) is 8.42 Å². The topological polar surface area (TPSA) is 124 Å². The highest BCUT2D eigenvalue weighted by atomic mass is 32.2. The van der Waals surface area contributed by atoms with E-state index in [1.807, 2.05) is 47.4 Å². The molecule has 0 radical (unpaired) electrons. The molecular weight excluding hydrogens is 506 g/mol. The Morgan fingerprint density at radius 3 is 2.39 bits per heavy atom. The van der Waals surface area contributed by atoms with Gasteiger partial charge in [0.1, 0.15) is 23.1 Å². The maximum atomic E-state index is 12.6. The van der Waals surface area contributed by atoms with Gasteiger partial charge in [-0.1, -0.05) is 6.07 Å². The average molecular weight is 532 g/mol. The standard InChI is InChI=1S/C26H25N7O4S/c1-27-38(34,35)33-10-9-29-26(33)17-32(20-12-21(36-2)14-22(13-20)37-3)25-7-6-23-24(31-25)11-19(16-30-23)18-5-4-8-28-15-18/h4-16,27H,17H2,1-3H3. The van der Waals surface area contributed by atoms with E-state index in [1.54, 1.807) is 38.9 Å². The summed E-state index contributed by atoms with van der Waals surface area (Å²) in [5.41, 5.74) is 3.84. The molecule has 38 heavy (non-hydrogen) atoms. The van der Waals surface area contributed by atoms with Gasteiger partial charge in [0.15, 0.2) is 0 Å². The summed E-state index contributed by atoms with van der Waals surface area (Å²) in [6.45, 7) is 0.0818. The van der Waals surface area contributed by atoms with E-state index in [9.17, 15) is 8.42 Å². The Morgan fingerprint density at radius 2 is 1.71 bits per heavy atom. The van der Waals surface area contributed by atoms with Crippen LogP contribution in [0.3, 0.4) is 0 Å². The molecule has 4 aromatic heterocycles. The van der Waals surface area contributed by atoms with Gasteiger partial charge in [0.05, 0.1) is 37.5 Å². The number of rotatable bonds is 9. The van der Waals surface area contributed by atoms with Gasteiger partial charge >= 0.3 is 10.2 Å². The molecule has 0 saturated carbocycles. The van der Waals surface area contributed by atoms with Crippen LogP contribution in [0.2, 0.25) is 0 Å². The number of aromatic nitrogens is 5. The summed E-state index contributed by atoms with van der Waals surface area (Å²) in [7, 11) is 0.677. The van der Waals surface area contributed by atoms with Crippen molar-refractivity contribution in [3.05, 3.63) is 85.3 Å². The van der Waals surface area contributed by atoms with Crippen LogP contribution in [0.25, 0.3) is 22.2 Å². The number of fused-ring (bicyclic) bond motifs is 1. The zero-order valence-electron chi connectivity index (χ0n) is 20.9. The summed E-state index contributed by atoms with van der Waals surface area (Å²) in [5.74, 6) is 1.97. The number of nitrogens with zero attached hydrogens (tertiary/aromatic N) is 6. The van der Waals surface area contributed by atoms with Crippen LogP contribution in [-0.4, -0.2) is 53.6 Å². The molecule has 0 bridgehead atoms. The smallest absolute Gasteiger partial charge is 0.306 e. The van der Waals surface area contributed by atoms with Crippen LogP contribution in [0.1, 0.15) is 5.82 Å². The first-order valence-electron chi connectivity index (χ1n) is 11.6. The third-order valence-electron chi connectivity index (χ3n) is 5.94. The molecule has 194 valence electrons. The van der Waals surface area contributed by atoms with E-state index in [0.717, 1.165) is 15.1 Å². The van der Waals surface area contributed by atoms with Crippen LogP contribution in [0, 0.1) is 0 Å². The molecule has 0 unspecified atom stereocenters. The molecule has 5 rings (SSSR count). The molecule has 0 saturated heterocycles. The molecule has 0 spiro atoms. The van der Waals surface area contributed by atoms with Crippen LogP contribution in [0.4, 0.5) is 11.5 Å². The van der Waals surface area contributed by atoms with E-state index in [4.69, 9.17) is 14.5 Å². The van der Waals surface area contributed by atoms with E-state index in [0.29, 0.717) is 34.0 Å². The maximum Gasteiger partial charge on any atom is 0.306 e. The van der Waals surface area contributed by atoms with Gasteiger partial charge in [-0.05, 0) is 24.3 Å². The molecule has 12 heteroatoms. The summed E-state index contributed by atoms with van der Waals surface area (Å²) in [6, 6.07) is 14.8. The molecule has 5 aromatic rings. The minimum absolute atomic E-state index is 0.0818. The fraction of sp³-hybridized carbons (Fsp3) is 0.154. The molecule has 0 aliphatic carbocycles. The Morgan fingerprint density at radius 1 is 0.921 bits per heavy atom. The second-order valence-electron chi connectivity index (χ2n) is 8.18. The third-order valence-corrected chi connectivity index (χ3v) is 7.30. The molecule has 0 aliphatic rings. The van der Waals surface area contributed by atoms with Gasteiger partial charge in [-0.3, -0.25) is 9.97 Å². The number of hydrogen-bond acceptors (Lipinski definition) is 9. The SMILES string of the molecule is CNS(=O)(=O)n1ccnc1CN(c1cc(OC)cc(OC)c1)c1ccc2ncc(-c3cccnc3)cc2n1. The van der Waals surface area contributed by atoms with Crippen molar-refractivity contribution in [1.82, 2.24) is 28.6 Å². The number of methoxy groups -OCH3 is 2. The quantitative estimate of drug-likeness (QED) is 0.304. The minimum atomic E-state index is -3.80. The highest BCUT2D eigenvalue weighted by molar-refractivity contribution is 7.87. The monoisotopic (exact) mass is 531 g/mol. The molecule has 0 fully saturated rings. The highest BCUT2D eigenvalue weighted by Crippen LogP contribution is 2.34. The first-order valence-corrected chi connectivity index (χ1v) is 13.0. The summed E-state index contributed by atoms with van der Waals surface area (Å²) in [4.78, 5) is 19.8. The number of nitrogens with one attached hydrogen (secondary N) is 1. The number of anilines is 2. The van der Waals surface area contributed by atoms with Crippen LogP contribution in [0.5, 0.6) is 11.5 Å². The number of pyridine rings is 3. The van der Waals surface area contributed by atoms with Gasteiger partial charge in [-0.15, -0.1) is 0 Å². The Balaban J connectivity index is 1.65. The second kappa shape index (κ2) is 10.4. The maximum absolute atomic E-state index is 12.6. The van der Waals surface area contributed by atoms with E-state index in [2.05, 4.69) is 19.7 Å². The Labute approximate surface area is 219 Å². The van der Waals surface area contributed by atoms with Crippen LogP contribution in [0.15, 0.2) is 79.5 Å². The van der Waals surface area contributed by atoms with Crippen molar-refractivity contribution in [3.8, 4) is 22.6 Å². The first-order chi connectivity index (χ1) is 18.4. The van der Waals surface area contributed by atoms with Crippen LogP contribution >= 0.6 is 0 Å². The van der Waals surface area contributed by atoms with Crippen molar-refractivity contribution in [2.24, 2.45) is 0 Å². The van der Waals surface area contributed by atoms with E-state index in [-0.39, 0.29) is 12.4 Å². The number of ether oxygens (including phenoxy) is 2. The highest BCUT2D eigenvalue weighted by Gasteiger charge is 2.21. The lowest BCUT2D eigenvalue weighted by Gasteiger charge is -2.25. The predicted molar refractivity (Wildman–Crippen MR) is 144 cm³/mol. The second-order valence-corrected chi connectivity index (χ2v) is 9.93. The fourth-order valence-corrected chi connectivity index (χ4v) is 4.78. The van der Waals surface area contributed by atoms with Crippen LogP contribution in [-0.2, 0) is 16.8 Å². The molecule has 0 aliphatic heterocycles. The molecule has 1 aromatic carbocycles. The van der Waals surface area contributed by atoms with E-state index < -0.39 is 10.2 Å². The molecule has 0 amide bonds. The lowest BCUT2D eigenvalue weighted by Crippen LogP contribution is -2.29. The Bertz CT molecular complexity index is 1670. The van der Waals surface area contributed by atoms with Crippen molar-refractivity contribution in [3.63, 3.8) is 0 Å². The van der Waals surface area contributed by atoms with E-state index >= 15 is 0 Å². The summed E-state index contributed by atoms with van der Waals surface area (Å²) in [6.07, 6.45) is 8.09. The minimum Gasteiger partial charge on any atom is -0.497 e. The van der Waals surface area contributed by atoms with Crippen molar-refractivity contribution in [2.45, 2.75) is 6.54 Å². The third kappa shape index (κ3) is 4.99. The zero-order valence-corrected chi connectivity index (χ0v) is 21.8. The lowest BCUT2D eigenvalue weighted by molar-refractivity contribution is 0.394. The predicted octanol–water partition coefficient (Wildman–Crippen LogP) is 3.56. The first kappa shape index (κ1) is 25.1. The van der Waals surface area contributed by atoms with Crippen molar-refractivity contribution in [1.29, 1.82) is 0 Å². The molecule has 4 heterocycles. The normalized spacial score (nSPS) is 11.4. The summed E-state index contributed by atoms with van der Waals surface area (Å²) in [5, 5.41) is 0. The summed E-state index contributed by atoms with van der Waals surface area (Å²) < 4.78 is 39.6. The van der Waals surface area contributed by atoms with Gasteiger partial charge in [0, 0.05) is 67.4 Å². The lowest BCUT2D eigenvalue weighted by atomic mass is 10.1. The molecular formula is C26H25N7O4S. The molecule has 1 N–H and O–H groups in total. The van der Waals surface area contributed by atoms with Crippen LogP contribution < -0.4 is 19.1 Å². The number of benzene rings is 1. The zero-order chi connectivity index (χ0) is 26.7. The molecule has 11 nitrogen and oxygen atoms in total.